The van der Waals surface area contributed by atoms with Crippen molar-refractivity contribution in [2.45, 2.75) is 26.8 Å². The number of rotatable bonds is 6. The number of hydrogen-bond acceptors (Lipinski definition) is 5. The summed E-state index contributed by atoms with van der Waals surface area (Å²) in [6.45, 7) is 6.56. The number of anilines is 1. The molecule has 7 nitrogen and oxygen atoms in total. The SMILES string of the molecule is CC(C)CN(c1cncc(-c2c[nH]c3ncc(Cl)cc23)n1)[C@@H](C)C(N)=O. The van der Waals surface area contributed by atoms with Gasteiger partial charge in [0.2, 0.25) is 5.91 Å². The number of aromatic amines is 1. The van der Waals surface area contributed by atoms with Crippen LogP contribution in [0.5, 0.6) is 0 Å². The number of halogens is 1. The van der Waals surface area contributed by atoms with Crippen LogP contribution in [0.25, 0.3) is 22.3 Å². The normalized spacial score (nSPS) is 12.5. The summed E-state index contributed by atoms with van der Waals surface area (Å²) >= 11 is 6.08. The number of primary amides is 1. The van der Waals surface area contributed by atoms with E-state index in [1.807, 2.05) is 17.2 Å². The summed E-state index contributed by atoms with van der Waals surface area (Å²) in [6, 6.07) is 1.35. The molecule has 3 aromatic heterocycles. The number of fused-ring (bicyclic) bond motifs is 1. The first-order chi connectivity index (χ1) is 12.4. The van der Waals surface area contributed by atoms with E-state index in [0.717, 1.165) is 16.6 Å². The van der Waals surface area contributed by atoms with Gasteiger partial charge < -0.3 is 15.6 Å². The molecule has 3 rings (SSSR count). The van der Waals surface area contributed by atoms with Gasteiger partial charge in [0, 0.05) is 29.9 Å². The Morgan fingerprint density at radius 1 is 1.31 bits per heavy atom. The van der Waals surface area contributed by atoms with Gasteiger partial charge in [0.1, 0.15) is 17.5 Å². The Kier molecular flexibility index (Phi) is 5.08. The van der Waals surface area contributed by atoms with Gasteiger partial charge in [0.15, 0.2) is 0 Å². The molecule has 8 heteroatoms. The van der Waals surface area contributed by atoms with Crippen LogP contribution >= 0.6 is 11.6 Å². The second-order valence-electron chi connectivity index (χ2n) is 6.64. The Morgan fingerprint density at radius 2 is 2.08 bits per heavy atom. The molecule has 3 N–H and O–H groups in total. The van der Waals surface area contributed by atoms with Gasteiger partial charge in [0.05, 0.1) is 23.1 Å². The van der Waals surface area contributed by atoms with Crippen LogP contribution in [0.3, 0.4) is 0 Å². The lowest BCUT2D eigenvalue weighted by Crippen LogP contribution is -2.45. The van der Waals surface area contributed by atoms with Crippen LogP contribution in [-0.2, 0) is 4.79 Å². The number of H-pyrrole nitrogens is 1. The highest BCUT2D eigenvalue weighted by atomic mass is 35.5. The molecule has 0 saturated carbocycles. The van der Waals surface area contributed by atoms with Crippen molar-refractivity contribution < 1.29 is 4.79 Å². The Hall–Kier alpha value is -2.67. The fourth-order valence-electron chi connectivity index (χ4n) is 2.81. The van der Waals surface area contributed by atoms with Crippen LogP contribution in [0.2, 0.25) is 5.02 Å². The van der Waals surface area contributed by atoms with E-state index in [0.29, 0.717) is 29.0 Å². The van der Waals surface area contributed by atoms with Crippen LogP contribution < -0.4 is 10.6 Å². The van der Waals surface area contributed by atoms with Gasteiger partial charge in [-0.15, -0.1) is 0 Å². The molecule has 0 aliphatic carbocycles. The molecule has 0 aliphatic rings. The van der Waals surface area contributed by atoms with E-state index in [-0.39, 0.29) is 0 Å². The van der Waals surface area contributed by atoms with Crippen LogP contribution in [0, 0.1) is 5.92 Å². The van der Waals surface area contributed by atoms with Gasteiger partial charge in [-0.25, -0.2) is 9.97 Å². The van der Waals surface area contributed by atoms with Crippen molar-refractivity contribution in [3.05, 3.63) is 35.9 Å². The molecule has 26 heavy (non-hydrogen) atoms. The predicted octanol–water partition coefficient (Wildman–Crippen LogP) is 3.01. The highest BCUT2D eigenvalue weighted by molar-refractivity contribution is 6.31. The molecule has 0 aromatic carbocycles. The Labute approximate surface area is 156 Å². The molecule has 3 aromatic rings. The van der Waals surface area contributed by atoms with E-state index in [4.69, 9.17) is 22.3 Å². The van der Waals surface area contributed by atoms with Gasteiger partial charge in [-0.2, -0.15) is 0 Å². The summed E-state index contributed by atoms with van der Waals surface area (Å²) in [6.07, 6.45) is 6.73. The lowest BCUT2D eigenvalue weighted by molar-refractivity contribution is -0.119. The molecule has 136 valence electrons. The number of aromatic nitrogens is 4. The zero-order valence-electron chi connectivity index (χ0n) is 14.9. The number of carbonyl (C=O) groups is 1. The first-order valence-corrected chi connectivity index (χ1v) is 8.75. The third-order valence-electron chi connectivity index (χ3n) is 4.13. The Bertz CT molecular complexity index is 938. The first kappa shape index (κ1) is 18.1. The average molecular weight is 373 g/mol. The van der Waals surface area contributed by atoms with Crippen LogP contribution in [-0.4, -0.2) is 38.4 Å². The van der Waals surface area contributed by atoms with E-state index in [1.165, 1.54) is 0 Å². The summed E-state index contributed by atoms with van der Waals surface area (Å²) in [7, 11) is 0. The highest BCUT2D eigenvalue weighted by Crippen LogP contribution is 2.29. The Balaban J connectivity index is 2.05. The number of amides is 1. The molecule has 0 spiro atoms. The number of pyridine rings is 1. The van der Waals surface area contributed by atoms with E-state index in [2.05, 4.69) is 28.8 Å². The minimum atomic E-state index is -0.485. The lowest BCUT2D eigenvalue weighted by atomic mass is 10.1. The van der Waals surface area contributed by atoms with Crippen LogP contribution in [0.1, 0.15) is 20.8 Å². The summed E-state index contributed by atoms with van der Waals surface area (Å²) in [5.41, 5.74) is 7.76. The number of nitrogens with one attached hydrogen (secondary N) is 1. The molecule has 0 saturated heterocycles. The summed E-state index contributed by atoms with van der Waals surface area (Å²) in [4.78, 5) is 30.0. The first-order valence-electron chi connectivity index (χ1n) is 8.37. The second kappa shape index (κ2) is 7.29. The van der Waals surface area contributed by atoms with Crippen molar-refractivity contribution in [2.24, 2.45) is 11.7 Å². The van der Waals surface area contributed by atoms with Gasteiger partial charge in [-0.3, -0.25) is 9.78 Å². The fraction of sp³-hybridized carbons (Fsp3) is 0.333. The maximum Gasteiger partial charge on any atom is 0.239 e. The van der Waals surface area contributed by atoms with Crippen LogP contribution in [0.4, 0.5) is 5.82 Å². The zero-order valence-corrected chi connectivity index (χ0v) is 15.7. The molecular weight excluding hydrogens is 352 g/mol. The van der Waals surface area contributed by atoms with Crippen molar-refractivity contribution >= 4 is 34.4 Å². The van der Waals surface area contributed by atoms with Gasteiger partial charge in [-0.1, -0.05) is 25.4 Å². The topological polar surface area (TPSA) is 101 Å². The van der Waals surface area contributed by atoms with Gasteiger partial charge in [0.25, 0.3) is 0 Å². The molecular formula is C18H21ClN6O. The number of carbonyl (C=O) groups excluding carboxylic acids is 1. The smallest absolute Gasteiger partial charge is 0.239 e. The molecule has 1 amide bonds. The molecule has 0 aliphatic heterocycles. The Morgan fingerprint density at radius 3 is 2.77 bits per heavy atom. The number of hydrogen-bond donors (Lipinski definition) is 2. The summed E-state index contributed by atoms with van der Waals surface area (Å²) < 4.78 is 0. The number of nitrogens with two attached hydrogens (primary N) is 1. The van der Waals surface area contributed by atoms with Gasteiger partial charge >= 0.3 is 0 Å². The monoisotopic (exact) mass is 372 g/mol. The largest absolute Gasteiger partial charge is 0.368 e. The molecule has 3 heterocycles. The van der Waals surface area contributed by atoms with E-state index in [9.17, 15) is 4.79 Å². The van der Waals surface area contributed by atoms with Crippen molar-refractivity contribution in [3.63, 3.8) is 0 Å². The zero-order chi connectivity index (χ0) is 18.8. The summed E-state index contributed by atoms with van der Waals surface area (Å²) in [5.74, 6) is 0.533. The van der Waals surface area contributed by atoms with E-state index < -0.39 is 11.9 Å². The van der Waals surface area contributed by atoms with Crippen molar-refractivity contribution in [1.82, 2.24) is 19.9 Å². The maximum atomic E-state index is 11.7. The number of nitrogens with zero attached hydrogens (tertiary/aromatic N) is 4. The summed E-state index contributed by atoms with van der Waals surface area (Å²) in [5, 5.41) is 1.41. The molecule has 0 unspecified atom stereocenters. The van der Waals surface area contributed by atoms with Crippen molar-refractivity contribution in [3.8, 4) is 11.3 Å². The molecule has 0 radical (unpaired) electrons. The standard InChI is InChI=1S/C18H21ClN6O/c1-10(2)9-25(11(3)17(20)26)16-8-21-7-15(24-16)14-6-23-18-13(14)4-12(19)5-22-18/h4-8,10-11H,9H2,1-3H3,(H2,20,26)(H,22,23)/t11-/m0/s1. The predicted molar refractivity (Wildman–Crippen MR) is 103 cm³/mol. The van der Waals surface area contributed by atoms with E-state index in [1.54, 1.807) is 25.5 Å². The molecule has 1 atom stereocenters. The fourth-order valence-corrected chi connectivity index (χ4v) is 2.97. The lowest BCUT2D eigenvalue weighted by Gasteiger charge is -2.29. The quantitative estimate of drug-likeness (QED) is 0.692. The third kappa shape index (κ3) is 3.62. The molecule has 0 bridgehead atoms. The molecule has 0 fully saturated rings. The van der Waals surface area contributed by atoms with Crippen molar-refractivity contribution in [2.75, 3.05) is 11.4 Å². The second-order valence-corrected chi connectivity index (χ2v) is 7.08. The van der Waals surface area contributed by atoms with E-state index >= 15 is 0 Å². The maximum absolute atomic E-state index is 11.7. The van der Waals surface area contributed by atoms with Crippen molar-refractivity contribution in [1.29, 1.82) is 0 Å². The van der Waals surface area contributed by atoms with Gasteiger partial charge in [-0.05, 0) is 18.9 Å². The minimum absolute atomic E-state index is 0.332. The average Bonchev–Trinajstić information content (AvgIpc) is 3.02. The third-order valence-corrected chi connectivity index (χ3v) is 4.34. The highest BCUT2D eigenvalue weighted by Gasteiger charge is 2.22. The minimum Gasteiger partial charge on any atom is -0.368 e. The van der Waals surface area contributed by atoms with Crippen LogP contribution in [0.15, 0.2) is 30.9 Å².